The lowest BCUT2D eigenvalue weighted by Gasteiger charge is -1.90. The molecule has 0 aliphatic carbocycles. The molecule has 0 bridgehead atoms. The van der Waals surface area contributed by atoms with E-state index >= 15 is 0 Å². The summed E-state index contributed by atoms with van der Waals surface area (Å²) >= 11 is 2.01. The molecule has 50 valence electrons. The highest BCUT2D eigenvalue weighted by Gasteiger charge is 1.84. The fraction of sp³-hybridized carbons (Fsp3) is 0. The maximum absolute atomic E-state index is 5.47. The van der Waals surface area contributed by atoms with E-state index in [-0.39, 0.29) is 0 Å². The first-order valence-electron chi connectivity index (χ1n) is 2.80. The summed E-state index contributed by atoms with van der Waals surface area (Å²) in [5.41, 5.74) is 7.25. The third-order valence-corrected chi connectivity index (χ3v) is 1.37. The number of rotatable bonds is 0. The van der Waals surface area contributed by atoms with Crippen molar-refractivity contribution in [3.8, 4) is 9.85 Å². The first kappa shape index (κ1) is 7.42. The van der Waals surface area contributed by atoms with Crippen LogP contribution in [0.5, 0.6) is 0 Å². The van der Waals surface area contributed by atoms with E-state index in [4.69, 9.17) is 5.73 Å². The van der Waals surface area contributed by atoms with Gasteiger partial charge in [-0.1, -0.05) is 5.92 Å². The Balaban J connectivity index is 2.97. The van der Waals surface area contributed by atoms with Crippen molar-refractivity contribution in [3.63, 3.8) is 0 Å². The fourth-order valence-corrected chi connectivity index (χ4v) is 0.932. The minimum Gasteiger partial charge on any atom is -0.399 e. The van der Waals surface area contributed by atoms with Crippen LogP contribution in [0.2, 0.25) is 0 Å². The number of nitrogen functional groups attached to an aromatic ring is 1. The molecule has 1 aromatic rings. The Kier molecular flexibility index (Phi) is 2.57. The predicted octanol–water partition coefficient (Wildman–Crippen LogP) is 2.01. The van der Waals surface area contributed by atoms with Crippen LogP contribution in [0.1, 0.15) is 5.56 Å². The topological polar surface area (TPSA) is 26.0 Å². The van der Waals surface area contributed by atoms with Crippen LogP contribution in [0.15, 0.2) is 24.3 Å². The number of hydrogen-bond acceptors (Lipinski definition) is 1. The molecular formula is C8H6IN. The number of benzene rings is 1. The van der Waals surface area contributed by atoms with Gasteiger partial charge in [0.05, 0.1) is 0 Å². The van der Waals surface area contributed by atoms with Crippen LogP contribution < -0.4 is 5.73 Å². The molecule has 0 aliphatic heterocycles. The second kappa shape index (κ2) is 3.47. The van der Waals surface area contributed by atoms with Gasteiger partial charge < -0.3 is 5.73 Å². The highest BCUT2D eigenvalue weighted by Crippen LogP contribution is 2.03. The molecule has 0 spiro atoms. The van der Waals surface area contributed by atoms with Crippen LogP contribution in [0.25, 0.3) is 0 Å². The van der Waals surface area contributed by atoms with E-state index in [1.54, 1.807) is 0 Å². The van der Waals surface area contributed by atoms with Gasteiger partial charge in [0.1, 0.15) is 0 Å². The smallest absolute Gasteiger partial charge is 0.0314 e. The van der Waals surface area contributed by atoms with Gasteiger partial charge in [0.25, 0.3) is 0 Å². The molecule has 1 nitrogen and oxygen atoms in total. The maximum atomic E-state index is 5.47. The van der Waals surface area contributed by atoms with Crippen LogP contribution in [0.3, 0.4) is 0 Å². The second-order valence-corrected chi connectivity index (χ2v) is 2.38. The summed E-state index contributed by atoms with van der Waals surface area (Å²) in [6, 6.07) is 7.49. The average molecular weight is 243 g/mol. The van der Waals surface area contributed by atoms with Crippen molar-refractivity contribution in [2.75, 3.05) is 5.73 Å². The third kappa shape index (κ3) is 1.92. The Labute approximate surface area is 73.8 Å². The first-order valence-corrected chi connectivity index (χ1v) is 3.88. The van der Waals surface area contributed by atoms with Crippen molar-refractivity contribution in [2.45, 2.75) is 0 Å². The molecule has 0 radical (unpaired) electrons. The Morgan fingerprint density at radius 2 is 1.80 bits per heavy atom. The van der Waals surface area contributed by atoms with Crippen molar-refractivity contribution >= 4 is 28.3 Å². The second-order valence-electron chi connectivity index (χ2n) is 1.84. The van der Waals surface area contributed by atoms with E-state index in [2.05, 4.69) is 9.85 Å². The fourth-order valence-electron chi connectivity index (χ4n) is 0.621. The number of anilines is 1. The van der Waals surface area contributed by atoms with Gasteiger partial charge in [0.2, 0.25) is 0 Å². The molecule has 1 aromatic carbocycles. The molecule has 10 heavy (non-hydrogen) atoms. The summed E-state index contributed by atoms with van der Waals surface area (Å²) in [4.78, 5) is 0. The molecule has 0 heterocycles. The van der Waals surface area contributed by atoms with Gasteiger partial charge in [-0.05, 0) is 28.2 Å². The largest absolute Gasteiger partial charge is 0.399 e. The maximum Gasteiger partial charge on any atom is 0.0314 e. The van der Waals surface area contributed by atoms with Crippen LogP contribution in [-0.2, 0) is 0 Å². The highest BCUT2D eigenvalue weighted by molar-refractivity contribution is 14.1. The van der Waals surface area contributed by atoms with E-state index in [0.717, 1.165) is 11.3 Å². The van der Waals surface area contributed by atoms with E-state index in [9.17, 15) is 0 Å². The van der Waals surface area contributed by atoms with Crippen LogP contribution in [0, 0.1) is 9.85 Å². The van der Waals surface area contributed by atoms with Gasteiger partial charge in [0.15, 0.2) is 0 Å². The van der Waals surface area contributed by atoms with Crippen molar-refractivity contribution in [3.05, 3.63) is 29.8 Å². The molecule has 2 heteroatoms. The zero-order valence-electron chi connectivity index (χ0n) is 5.26. The molecule has 0 amide bonds. The third-order valence-electron chi connectivity index (χ3n) is 1.10. The normalized spacial score (nSPS) is 8.10. The summed E-state index contributed by atoms with van der Waals surface area (Å²) in [7, 11) is 0. The predicted molar refractivity (Wildman–Crippen MR) is 51.8 cm³/mol. The SMILES string of the molecule is Nc1ccc(C#CI)cc1. The average Bonchev–Trinajstić information content (AvgIpc) is 1.95. The lowest BCUT2D eigenvalue weighted by atomic mass is 10.2. The Morgan fingerprint density at radius 3 is 2.30 bits per heavy atom. The molecule has 0 fully saturated rings. The van der Waals surface area contributed by atoms with E-state index < -0.39 is 0 Å². The van der Waals surface area contributed by atoms with Crippen LogP contribution >= 0.6 is 22.6 Å². The van der Waals surface area contributed by atoms with Gasteiger partial charge in [-0.2, -0.15) is 0 Å². The summed E-state index contributed by atoms with van der Waals surface area (Å²) in [6.45, 7) is 0. The molecule has 0 aromatic heterocycles. The quantitative estimate of drug-likeness (QED) is 0.421. The molecular weight excluding hydrogens is 237 g/mol. The van der Waals surface area contributed by atoms with Crippen LogP contribution in [-0.4, -0.2) is 0 Å². The van der Waals surface area contributed by atoms with Crippen molar-refractivity contribution in [1.82, 2.24) is 0 Å². The Morgan fingerprint density at radius 1 is 1.20 bits per heavy atom. The highest BCUT2D eigenvalue weighted by atomic mass is 127. The van der Waals surface area contributed by atoms with Gasteiger partial charge in [-0.15, -0.1) is 0 Å². The van der Waals surface area contributed by atoms with E-state index in [1.165, 1.54) is 0 Å². The van der Waals surface area contributed by atoms with Crippen molar-refractivity contribution in [2.24, 2.45) is 0 Å². The van der Waals surface area contributed by atoms with Gasteiger partial charge in [-0.25, -0.2) is 0 Å². The van der Waals surface area contributed by atoms with Gasteiger partial charge >= 0.3 is 0 Å². The first-order chi connectivity index (χ1) is 4.83. The molecule has 0 saturated heterocycles. The molecule has 0 unspecified atom stereocenters. The van der Waals surface area contributed by atoms with Crippen molar-refractivity contribution in [1.29, 1.82) is 0 Å². The zero-order chi connectivity index (χ0) is 7.40. The van der Waals surface area contributed by atoms with E-state index in [1.807, 2.05) is 46.9 Å². The molecule has 2 N–H and O–H groups in total. The molecule has 1 rings (SSSR count). The van der Waals surface area contributed by atoms with Gasteiger partial charge in [-0.3, -0.25) is 0 Å². The van der Waals surface area contributed by atoms with Crippen molar-refractivity contribution < 1.29 is 0 Å². The Hall–Kier alpha value is -0.690. The minimum atomic E-state index is 0.777. The monoisotopic (exact) mass is 243 g/mol. The lowest BCUT2D eigenvalue weighted by molar-refractivity contribution is 1.64. The summed E-state index contributed by atoms with van der Waals surface area (Å²) in [5.74, 6) is 2.92. The van der Waals surface area contributed by atoms with E-state index in [0.29, 0.717) is 0 Å². The lowest BCUT2D eigenvalue weighted by Crippen LogP contribution is -1.82. The van der Waals surface area contributed by atoms with Gasteiger partial charge in [0, 0.05) is 33.8 Å². The zero-order valence-corrected chi connectivity index (χ0v) is 7.42. The van der Waals surface area contributed by atoms with Crippen LogP contribution in [0.4, 0.5) is 5.69 Å². The minimum absolute atomic E-state index is 0.777. The molecule has 0 saturated carbocycles. The summed E-state index contributed by atoms with van der Waals surface area (Å²) < 4.78 is 2.78. The number of hydrogen-bond donors (Lipinski definition) is 1. The molecule has 0 aliphatic rings. The summed E-state index contributed by atoms with van der Waals surface area (Å²) in [5, 5.41) is 0. The molecule has 0 atom stereocenters. The summed E-state index contributed by atoms with van der Waals surface area (Å²) in [6.07, 6.45) is 0. The standard InChI is InChI=1S/C8H6IN/c9-6-5-7-1-3-8(10)4-2-7/h1-4H,10H2. The number of halogens is 1. The Bertz CT molecular complexity index is 266. The number of nitrogens with two attached hydrogens (primary N) is 1.